The van der Waals surface area contributed by atoms with Crippen molar-refractivity contribution in [2.45, 2.75) is 65.0 Å². The first-order chi connectivity index (χ1) is 5.76. The van der Waals surface area contributed by atoms with Crippen molar-refractivity contribution < 1.29 is 0 Å². The average molecular weight is 188 g/mol. The first kappa shape index (κ1) is 12.4. The highest BCUT2D eigenvalue weighted by Gasteiger charge is 2.12. The van der Waals surface area contributed by atoms with Crippen LogP contribution in [-0.2, 0) is 0 Å². The van der Waals surface area contributed by atoms with Crippen LogP contribution in [0.4, 0.5) is 0 Å². The van der Waals surface area contributed by atoms with E-state index in [0.29, 0.717) is 0 Å². The molecule has 3 unspecified atom stereocenters. The second-order valence-corrected chi connectivity index (χ2v) is 4.59. The largest absolute Gasteiger partial charge is 0.134 e. The molecule has 0 bridgehead atoms. The lowest BCUT2D eigenvalue weighted by atomic mass is 9.94. The van der Waals surface area contributed by atoms with Gasteiger partial charge in [-0.05, 0) is 24.4 Å². The Hall–Kier alpha value is 0.430. The Balaban J connectivity index is 3.52. The van der Waals surface area contributed by atoms with E-state index in [0.717, 1.165) is 11.6 Å². The van der Waals surface area contributed by atoms with Gasteiger partial charge in [-0.2, -0.15) is 0 Å². The minimum Gasteiger partial charge on any atom is -0.134 e. The highest BCUT2D eigenvalue weighted by atomic mass is 31.0. The van der Waals surface area contributed by atoms with Crippen LogP contribution >= 0.6 is 9.24 Å². The van der Waals surface area contributed by atoms with Crippen LogP contribution in [0.25, 0.3) is 0 Å². The third kappa shape index (κ3) is 5.14. The lowest BCUT2D eigenvalue weighted by Crippen LogP contribution is -2.12. The first-order valence-electron chi connectivity index (χ1n) is 5.51. The van der Waals surface area contributed by atoms with E-state index >= 15 is 0 Å². The summed E-state index contributed by atoms with van der Waals surface area (Å²) in [6.45, 7) is 6.89. The van der Waals surface area contributed by atoms with E-state index < -0.39 is 0 Å². The normalized spacial score (nSPS) is 16.0. The van der Waals surface area contributed by atoms with Gasteiger partial charge in [-0.15, -0.1) is 9.24 Å². The number of hydrogen-bond donors (Lipinski definition) is 0. The molecule has 0 aliphatic carbocycles. The SMILES string of the molecule is CCCCCC(CC)C(P)CC. The van der Waals surface area contributed by atoms with Gasteiger partial charge in [0, 0.05) is 0 Å². The van der Waals surface area contributed by atoms with Gasteiger partial charge >= 0.3 is 0 Å². The van der Waals surface area contributed by atoms with Crippen molar-refractivity contribution in [3.63, 3.8) is 0 Å². The van der Waals surface area contributed by atoms with Crippen molar-refractivity contribution >= 4 is 9.24 Å². The van der Waals surface area contributed by atoms with Gasteiger partial charge < -0.3 is 0 Å². The Morgan fingerprint density at radius 1 is 1.00 bits per heavy atom. The number of unbranched alkanes of at least 4 members (excludes halogenated alkanes) is 2. The van der Waals surface area contributed by atoms with Crippen LogP contribution in [0.5, 0.6) is 0 Å². The topological polar surface area (TPSA) is 0 Å². The fourth-order valence-electron chi connectivity index (χ4n) is 1.71. The van der Waals surface area contributed by atoms with Crippen molar-refractivity contribution in [2.75, 3.05) is 0 Å². The molecule has 0 nitrogen and oxygen atoms in total. The molecule has 0 aliphatic heterocycles. The average Bonchev–Trinajstić information content (AvgIpc) is 2.11. The van der Waals surface area contributed by atoms with Gasteiger partial charge in [0.25, 0.3) is 0 Å². The standard InChI is InChI=1S/C11H25P/c1-4-7-8-9-10(5-2)11(12)6-3/h10-11H,4-9,12H2,1-3H3. The minimum absolute atomic E-state index is 0.854. The summed E-state index contributed by atoms with van der Waals surface area (Å²) in [6, 6.07) is 0. The van der Waals surface area contributed by atoms with Crippen LogP contribution < -0.4 is 0 Å². The molecule has 0 fully saturated rings. The van der Waals surface area contributed by atoms with E-state index in [9.17, 15) is 0 Å². The molecule has 0 saturated heterocycles. The van der Waals surface area contributed by atoms with E-state index in [-0.39, 0.29) is 0 Å². The molecular formula is C11H25P. The molecule has 0 rings (SSSR count). The summed E-state index contributed by atoms with van der Waals surface area (Å²) in [4.78, 5) is 0. The van der Waals surface area contributed by atoms with E-state index in [4.69, 9.17) is 0 Å². The fourth-order valence-corrected chi connectivity index (χ4v) is 2.18. The Bertz CT molecular complexity index is 91.0. The molecule has 0 amide bonds. The zero-order valence-electron chi connectivity index (χ0n) is 8.97. The fraction of sp³-hybridized carbons (Fsp3) is 1.00. The van der Waals surface area contributed by atoms with Crippen LogP contribution in [0.3, 0.4) is 0 Å². The Morgan fingerprint density at radius 3 is 2.08 bits per heavy atom. The number of hydrogen-bond acceptors (Lipinski definition) is 0. The molecule has 0 heterocycles. The van der Waals surface area contributed by atoms with Gasteiger partial charge in [0.05, 0.1) is 0 Å². The molecule has 0 spiro atoms. The summed E-state index contributed by atoms with van der Waals surface area (Å²) in [5.74, 6) is 0.951. The van der Waals surface area contributed by atoms with Crippen molar-refractivity contribution in [2.24, 2.45) is 5.92 Å². The Kier molecular flexibility index (Phi) is 8.34. The van der Waals surface area contributed by atoms with Crippen molar-refractivity contribution in [3.8, 4) is 0 Å². The van der Waals surface area contributed by atoms with Gasteiger partial charge in [-0.3, -0.25) is 0 Å². The lowest BCUT2D eigenvalue weighted by molar-refractivity contribution is 0.423. The highest BCUT2D eigenvalue weighted by Crippen LogP contribution is 2.25. The maximum absolute atomic E-state index is 3.00. The predicted molar refractivity (Wildman–Crippen MR) is 61.7 cm³/mol. The van der Waals surface area contributed by atoms with Gasteiger partial charge in [-0.25, -0.2) is 0 Å². The van der Waals surface area contributed by atoms with Crippen LogP contribution in [0, 0.1) is 5.92 Å². The van der Waals surface area contributed by atoms with Crippen LogP contribution in [0.15, 0.2) is 0 Å². The van der Waals surface area contributed by atoms with Crippen LogP contribution in [0.2, 0.25) is 0 Å². The summed E-state index contributed by atoms with van der Waals surface area (Å²) in [6.07, 6.45) is 8.30. The predicted octanol–water partition coefficient (Wildman–Crippen LogP) is 4.25. The van der Waals surface area contributed by atoms with E-state index in [1.54, 1.807) is 0 Å². The molecule has 0 aliphatic rings. The molecule has 0 N–H and O–H groups in total. The van der Waals surface area contributed by atoms with Gasteiger partial charge in [-0.1, -0.05) is 46.5 Å². The lowest BCUT2D eigenvalue weighted by Gasteiger charge is -2.20. The van der Waals surface area contributed by atoms with Gasteiger partial charge in [0.2, 0.25) is 0 Å². The third-order valence-electron chi connectivity index (χ3n) is 2.78. The molecule has 0 aromatic heterocycles. The second-order valence-electron chi connectivity index (χ2n) is 3.74. The molecule has 0 saturated carbocycles. The van der Waals surface area contributed by atoms with E-state index in [1.807, 2.05) is 0 Å². The third-order valence-corrected chi connectivity index (χ3v) is 3.80. The first-order valence-corrected chi connectivity index (χ1v) is 6.18. The Labute approximate surface area is 80.7 Å². The smallest absolute Gasteiger partial charge is 0.0239 e. The van der Waals surface area contributed by atoms with Crippen LogP contribution in [-0.4, -0.2) is 5.66 Å². The van der Waals surface area contributed by atoms with E-state index in [1.165, 1.54) is 38.5 Å². The van der Waals surface area contributed by atoms with E-state index in [2.05, 4.69) is 30.0 Å². The monoisotopic (exact) mass is 188 g/mol. The zero-order valence-corrected chi connectivity index (χ0v) is 10.1. The van der Waals surface area contributed by atoms with Crippen LogP contribution in [0.1, 0.15) is 59.3 Å². The second kappa shape index (κ2) is 8.05. The quantitative estimate of drug-likeness (QED) is 0.414. The van der Waals surface area contributed by atoms with Crippen molar-refractivity contribution in [1.82, 2.24) is 0 Å². The number of rotatable bonds is 7. The summed E-state index contributed by atoms with van der Waals surface area (Å²) in [5.41, 5.74) is 0.854. The molecule has 74 valence electrons. The molecular weight excluding hydrogens is 163 g/mol. The molecule has 3 atom stereocenters. The molecule has 1 heteroatoms. The minimum atomic E-state index is 0.854. The van der Waals surface area contributed by atoms with Gasteiger partial charge in [0.15, 0.2) is 0 Å². The summed E-state index contributed by atoms with van der Waals surface area (Å²) in [7, 11) is 3.00. The van der Waals surface area contributed by atoms with Crippen molar-refractivity contribution in [3.05, 3.63) is 0 Å². The van der Waals surface area contributed by atoms with Crippen molar-refractivity contribution in [1.29, 1.82) is 0 Å². The summed E-state index contributed by atoms with van der Waals surface area (Å²) >= 11 is 0. The Morgan fingerprint density at radius 2 is 1.67 bits per heavy atom. The molecule has 0 aromatic rings. The van der Waals surface area contributed by atoms with Gasteiger partial charge in [0.1, 0.15) is 0 Å². The highest BCUT2D eigenvalue weighted by molar-refractivity contribution is 7.17. The molecule has 12 heavy (non-hydrogen) atoms. The maximum atomic E-state index is 3.00. The zero-order chi connectivity index (χ0) is 9.40. The summed E-state index contributed by atoms with van der Waals surface area (Å²) < 4.78 is 0. The molecule has 0 radical (unpaired) electrons. The molecule has 0 aromatic carbocycles. The maximum Gasteiger partial charge on any atom is -0.0239 e. The summed E-state index contributed by atoms with van der Waals surface area (Å²) in [5, 5.41) is 0.